The Morgan fingerprint density at radius 3 is 2.40 bits per heavy atom. The minimum absolute atomic E-state index is 0.813. The zero-order valence-corrected chi connectivity index (χ0v) is 6.51. The molecule has 0 spiro atoms. The Morgan fingerprint density at radius 2 is 1.90 bits per heavy atom. The molecular formula is C6H16N4. The summed E-state index contributed by atoms with van der Waals surface area (Å²) in [7, 11) is 2.15. The van der Waals surface area contributed by atoms with E-state index >= 15 is 0 Å². The van der Waals surface area contributed by atoms with Crippen LogP contribution in [0.1, 0.15) is 0 Å². The van der Waals surface area contributed by atoms with E-state index in [1.54, 1.807) is 0 Å². The van der Waals surface area contributed by atoms with Crippen LogP contribution in [0.2, 0.25) is 0 Å². The van der Waals surface area contributed by atoms with Crippen LogP contribution >= 0.6 is 0 Å². The fourth-order valence-corrected chi connectivity index (χ4v) is 1.14. The summed E-state index contributed by atoms with van der Waals surface area (Å²) < 4.78 is 0. The summed E-state index contributed by atoms with van der Waals surface area (Å²) in [4.78, 5) is 4.63. The number of likely N-dealkylation sites (N-methyl/N-ethyl adjacent to an activating group) is 1. The van der Waals surface area contributed by atoms with Gasteiger partial charge in [0.2, 0.25) is 0 Å². The van der Waals surface area contributed by atoms with Crippen molar-refractivity contribution in [1.82, 2.24) is 15.2 Å². The predicted octanol–water partition coefficient (Wildman–Crippen LogP) is -1.35. The summed E-state index contributed by atoms with van der Waals surface area (Å²) in [6.45, 7) is 5.37. The van der Waals surface area contributed by atoms with Crippen LogP contribution in [0.25, 0.3) is 0 Å². The van der Waals surface area contributed by atoms with Gasteiger partial charge >= 0.3 is 0 Å². The van der Waals surface area contributed by atoms with E-state index in [2.05, 4.69) is 22.3 Å². The second-order valence-electron chi connectivity index (χ2n) is 2.78. The number of hydrazine groups is 1. The van der Waals surface area contributed by atoms with Crippen molar-refractivity contribution in [2.45, 2.75) is 0 Å². The Balaban J connectivity index is 2.13. The zero-order valence-electron chi connectivity index (χ0n) is 6.51. The van der Waals surface area contributed by atoms with Gasteiger partial charge in [0.15, 0.2) is 0 Å². The number of rotatable bonds is 2. The lowest BCUT2D eigenvalue weighted by atomic mass is 10.3. The summed E-state index contributed by atoms with van der Waals surface area (Å²) in [5.74, 6) is 5.19. The van der Waals surface area contributed by atoms with Gasteiger partial charge in [0, 0.05) is 26.2 Å². The van der Waals surface area contributed by atoms with Gasteiger partial charge in [0.25, 0.3) is 0 Å². The summed E-state index contributed by atoms with van der Waals surface area (Å²) in [6, 6.07) is 0. The second-order valence-corrected chi connectivity index (χ2v) is 2.78. The highest BCUT2D eigenvalue weighted by Gasteiger charge is 2.11. The lowest BCUT2D eigenvalue weighted by molar-refractivity contribution is 0.145. The first-order valence-electron chi connectivity index (χ1n) is 3.67. The predicted molar refractivity (Wildman–Crippen MR) is 41.3 cm³/mol. The summed E-state index contributed by atoms with van der Waals surface area (Å²) in [5, 5.41) is 0. The van der Waals surface area contributed by atoms with Crippen LogP contribution in [0, 0.1) is 0 Å². The SMILES string of the molecule is CN1CCN(CNN)CC1. The molecule has 1 fully saturated rings. The lowest BCUT2D eigenvalue weighted by Gasteiger charge is -2.31. The van der Waals surface area contributed by atoms with Crippen LogP contribution in [0.3, 0.4) is 0 Å². The molecule has 0 bridgehead atoms. The van der Waals surface area contributed by atoms with Crippen LogP contribution in [-0.4, -0.2) is 49.7 Å². The maximum Gasteiger partial charge on any atom is 0.0613 e. The van der Waals surface area contributed by atoms with Crippen LogP contribution in [0.15, 0.2) is 0 Å². The third kappa shape index (κ3) is 2.22. The molecule has 0 aliphatic carbocycles. The van der Waals surface area contributed by atoms with E-state index in [1.165, 1.54) is 0 Å². The van der Waals surface area contributed by atoms with E-state index in [1.807, 2.05) is 0 Å². The Bertz CT molecular complexity index is 87.7. The minimum atomic E-state index is 0.813. The van der Waals surface area contributed by atoms with Gasteiger partial charge in [-0.05, 0) is 7.05 Å². The van der Waals surface area contributed by atoms with Crippen LogP contribution in [-0.2, 0) is 0 Å². The zero-order chi connectivity index (χ0) is 7.40. The molecular weight excluding hydrogens is 128 g/mol. The molecule has 1 saturated heterocycles. The normalized spacial score (nSPS) is 23.4. The fraction of sp³-hybridized carbons (Fsp3) is 1.00. The van der Waals surface area contributed by atoms with E-state index in [0.717, 1.165) is 32.8 Å². The number of hydrogen-bond donors (Lipinski definition) is 2. The quantitative estimate of drug-likeness (QED) is 0.372. The first-order chi connectivity index (χ1) is 4.83. The molecule has 4 nitrogen and oxygen atoms in total. The van der Waals surface area contributed by atoms with E-state index < -0.39 is 0 Å². The van der Waals surface area contributed by atoms with Crippen molar-refractivity contribution < 1.29 is 0 Å². The largest absolute Gasteiger partial charge is 0.304 e. The average molecular weight is 144 g/mol. The highest BCUT2D eigenvalue weighted by Crippen LogP contribution is 1.95. The molecule has 0 atom stereocenters. The Labute approximate surface area is 61.9 Å². The first kappa shape index (κ1) is 7.94. The molecule has 0 unspecified atom stereocenters. The Kier molecular flexibility index (Phi) is 3.08. The van der Waals surface area contributed by atoms with Gasteiger partial charge in [-0.3, -0.25) is 10.7 Å². The maximum atomic E-state index is 5.19. The van der Waals surface area contributed by atoms with Gasteiger partial charge in [0.05, 0.1) is 6.67 Å². The number of nitrogens with zero attached hydrogens (tertiary/aromatic N) is 2. The van der Waals surface area contributed by atoms with Gasteiger partial charge in [-0.1, -0.05) is 0 Å². The summed E-state index contributed by atoms with van der Waals surface area (Å²) in [5.41, 5.74) is 2.66. The molecule has 10 heavy (non-hydrogen) atoms. The smallest absolute Gasteiger partial charge is 0.0613 e. The highest BCUT2D eigenvalue weighted by atomic mass is 15.4. The molecule has 1 heterocycles. The Hall–Kier alpha value is -0.160. The molecule has 0 aromatic heterocycles. The average Bonchev–Trinajstić information content (AvgIpc) is 1.95. The van der Waals surface area contributed by atoms with Crippen molar-refractivity contribution in [2.24, 2.45) is 5.84 Å². The molecule has 0 saturated carbocycles. The molecule has 0 amide bonds. The molecule has 0 aromatic carbocycles. The molecule has 1 aliphatic heterocycles. The minimum Gasteiger partial charge on any atom is -0.304 e. The Morgan fingerprint density at radius 1 is 1.30 bits per heavy atom. The number of piperazine rings is 1. The van der Waals surface area contributed by atoms with Gasteiger partial charge < -0.3 is 4.90 Å². The molecule has 1 aliphatic rings. The second kappa shape index (κ2) is 3.88. The van der Waals surface area contributed by atoms with Crippen LogP contribution in [0.5, 0.6) is 0 Å². The summed E-state index contributed by atoms with van der Waals surface area (Å²) >= 11 is 0. The molecule has 3 N–H and O–H groups in total. The van der Waals surface area contributed by atoms with Crippen molar-refractivity contribution in [2.75, 3.05) is 39.9 Å². The van der Waals surface area contributed by atoms with Gasteiger partial charge in [-0.2, -0.15) is 0 Å². The van der Waals surface area contributed by atoms with Crippen LogP contribution < -0.4 is 11.3 Å². The van der Waals surface area contributed by atoms with E-state index in [4.69, 9.17) is 5.84 Å². The number of nitrogens with two attached hydrogens (primary N) is 1. The molecule has 4 heteroatoms. The number of hydrogen-bond acceptors (Lipinski definition) is 4. The third-order valence-corrected chi connectivity index (χ3v) is 1.91. The topological polar surface area (TPSA) is 44.5 Å². The molecule has 0 radical (unpaired) electrons. The van der Waals surface area contributed by atoms with Crippen molar-refractivity contribution in [3.8, 4) is 0 Å². The molecule has 60 valence electrons. The van der Waals surface area contributed by atoms with Crippen molar-refractivity contribution in [3.05, 3.63) is 0 Å². The lowest BCUT2D eigenvalue weighted by Crippen LogP contribution is -2.48. The summed E-state index contributed by atoms with van der Waals surface area (Å²) in [6.07, 6.45) is 0. The molecule has 0 aromatic rings. The van der Waals surface area contributed by atoms with Crippen molar-refractivity contribution in [3.63, 3.8) is 0 Å². The van der Waals surface area contributed by atoms with E-state index in [0.29, 0.717) is 0 Å². The van der Waals surface area contributed by atoms with Crippen LogP contribution in [0.4, 0.5) is 0 Å². The van der Waals surface area contributed by atoms with Gasteiger partial charge in [-0.15, -0.1) is 0 Å². The number of nitrogens with one attached hydrogen (secondary N) is 1. The van der Waals surface area contributed by atoms with E-state index in [9.17, 15) is 0 Å². The van der Waals surface area contributed by atoms with Crippen molar-refractivity contribution in [1.29, 1.82) is 0 Å². The fourth-order valence-electron chi connectivity index (χ4n) is 1.14. The van der Waals surface area contributed by atoms with E-state index in [-0.39, 0.29) is 0 Å². The standard InChI is InChI=1S/C6H16N4/c1-9-2-4-10(5-3-9)6-8-7/h8H,2-7H2,1H3. The van der Waals surface area contributed by atoms with Gasteiger partial charge in [-0.25, -0.2) is 5.43 Å². The van der Waals surface area contributed by atoms with Gasteiger partial charge in [0.1, 0.15) is 0 Å². The monoisotopic (exact) mass is 144 g/mol. The maximum absolute atomic E-state index is 5.19. The first-order valence-corrected chi connectivity index (χ1v) is 3.67. The third-order valence-electron chi connectivity index (χ3n) is 1.91. The molecule has 1 rings (SSSR count). The van der Waals surface area contributed by atoms with Crippen molar-refractivity contribution >= 4 is 0 Å². The highest BCUT2D eigenvalue weighted by molar-refractivity contribution is 4.67.